The first kappa shape index (κ1) is 55.5. The molecule has 0 aliphatic carbocycles. The van der Waals surface area contributed by atoms with Gasteiger partial charge in [0.05, 0.1) is 53.7 Å². The van der Waals surface area contributed by atoms with Crippen LogP contribution in [0.3, 0.4) is 0 Å². The molecule has 5 heterocycles. The van der Waals surface area contributed by atoms with Gasteiger partial charge in [0, 0.05) is 45.3 Å². The van der Waals surface area contributed by atoms with E-state index >= 15 is 0 Å². The third kappa shape index (κ3) is 17.4. The molecule has 7 rings (SSSR count). The average molecular weight is 1050 g/mol. The van der Waals surface area contributed by atoms with Crippen LogP contribution in [0.2, 0.25) is 0 Å². The smallest absolute Gasteiger partial charge is 0.123 e. The lowest BCUT2D eigenvalue weighted by atomic mass is 10.0. The summed E-state index contributed by atoms with van der Waals surface area (Å²) in [5, 5.41) is 0. The zero-order valence-electron chi connectivity index (χ0n) is 44.9. The van der Waals surface area contributed by atoms with Crippen LogP contribution in [0.15, 0.2) is 71.2 Å². The highest BCUT2D eigenvalue weighted by Crippen LogP contribution is 2.39. The summed E-state index contributed by atoms with van der Waals surface area (Å²) >= 11 is 3.99. The fraction of sp³-hybridized carbons (Fsp3) is 0.500. The van der Waals surface area contributed by atoms with Gasteiger partial charge in [0.1, 0.15) is 23.0 Å². The van der Waals surface area contributed by atoms with Crippen LogP contribution in [-0.2, 0) is 0 Å². The number of ether oxygens (including phenoxy) is 4. The number of hydrogen-bond acceptors (Lipinski definition) is 6. The average Bonchev–Trinajstić information content (AvgIpc) is 4.25. The maximum Gasteiger partial charge on any atom is 0.123 e. The van der Waals surface area contributed by atoms with Crippen molar-refractivity contribution in [1.29, 1.82) is 0 Å². The third-order valence-corrected chi connectivity index (χ3v) is 14.7. The van der Waals surface area contributed by atoms with Crippen molar-refractivity contribution in [3.05, 3.63) is 94.0 Å². The quantitative estimate of drug-likeness (QED) is 0.0391. The second-order valence-electron chi connectivity index (χ2n) is 20.1. The largest absolute Gasteiger partial charge is 0.493 e. The summed E-state index contributed by atoms with van der Waals surface area (Å²) in [4.78, 5) is 18.2. The van der Waals surface area contributed by atoms with Crippen LogP contribution in [0.4, 0.5) is 0 Å². The molecule has 3 aromatic heterocycles. The van der Waals surface area contributed by atoms with Gasteiger partial charge in [-0.25, -0.2) is 9.97 Å². The Kier molecular flexibility index (Phi) is 23.4. The number of H-pyrrole nitrogens is 2. The maximum atomic E-state index is 6.53. The van der Waals surface area contributed by atoms with Crippen LogP contribution in [0, 0.1) is 0 Å². The zero-order valence-corrected chi connectivity index (χ0v) is 46.5. The molecule has 8 nitrogen and oxygen atoms in total. The minimum Gasteiger partial charge on any atom is -0.493 e. The van der Waals surface area contributed by atoms with Crippen LogP contribution in [0.5, 0.6) is 23.0 Å². The third-order valence-electron chi connectivity index (χ3n) is 13.9. The first-order valence-electron chi connectivity index (χ1n) is 28.6. The molecule has 9 heteroatoms. The van der Waals surface area contributed by atoms with Gasteiger partial charge in [-0.15, -0.1) is 0 Å². The number of aromatic nitrogens is 4. The van der Waals surface area contributed by atoms with Crippen molar-refractivity contribution in [2.45, 2.75) is 182 Å². The highest BCUT2D eigenvalue weighted by molar-refractivity contribution is 9.10. The van der Waals surface area contributed by atoms with E-state index in [9.17, 15) is 0 Å². The Hall–Kier alpha value is -5.28. The second-order valence-corrected chi connectivity index (χ2v) is 20.9. The lowest BCUT2D eigenvalue weighted by Gasteiger charge is -2.14. The number of fused-ring (bicyclic) bond motifs is 8. The van der Waals surface area contributed by atoms with Crippen molar-refractivity contribution in [3.63, 3.8) is 0 Å². The van der Waals surface area contributed by atoms with Gasteiger partial charge in [0.25, 0.3) is 0 Å². The monoisotopic (exact) mass is 1050 g/mol. The van der Waals surface area contributed by atoms with Crippen LogP contribution in [0.25, 0.3) is 68.6 Å². The molecular formula is C64H85BrN4O4. The fourth-order valence-electron chi connectivity index (χ4n) is 9.77. The first-order valence-corrected chi connectivity index (χ1v) is 29.4. The molecule has 0 radical (unpaired) electrons. The lowest BCUT2D eigenvalue weighted by Crippen LogP contribution is -2.01. The predicted molar refractivity (Wildman–Crippen MR) is 313 cm³/mol. The Balaban J connectivity index is 1.27. The number of nitrogens with zero attached hydrogens (tertiary/aromatic N) is 2. The summed E-state index contributed by atoms with van der Waals surface area (Å²) in [5.41, 5.74) is 11.0. The van der Waals surface area contributed by atoms with Crippen molar-refractivity contribution in [2.24, 2.45) is 0 Å². The Morgan fingerprint density at radius 3 is 0.986 bits per heavy atom. The normalized spacial score (nSPS) is 12.0. The topological polar surface area (TPSA) is 94.3 Å². The van der Waals surface area contributed by atoms with E-state index in [1.807, 2.05) is 0 Å². The van der Waals surface area contributed by atoms with Crippen LogP contribution < -0.4 is 18.9 Å². The number of benzene rings is 2. The van der Waals surface area contributed by atoms with E-state index in [2.05, 4.69) is 145 Å². The summed E-state index contributed by atoms with van der Waals surface area (Å²) < 4.78 is 26.9. The van der Waals surface area contributed by atoms with E-state index in [0.29, 0.717) is 26.4 Å². The SMILES string of the molecule is CCCCCCCCOc1cc(OCCCCCCCC)cc(-c2c3nc(c(Br)c4nc(c(-c5cc(OCCCCCCCC)cc(OCCCCCCCC)c5)c5ccc(cc6ccc2[nH]6)[nH]5)C=C4)C=C3)c1. The number of aromatic amines is 2. The van der Waals surface area contributed by atoms with E-state index in [1.54, 1.807) is 0 Å². The highest BCUT2D eigenvalue weighted by Gasteiger charge is 2.19. The maximum absolute atomic E-state index is 6.53. The van der Waals surface area contributed by atoms with Crippen LogP contribution in [0.1, 0.15) is 205 Å². The van der Waals surface area contributed by atoms with Crippen LogP contribution >= 0.6 is 15.9 Å². The zero-order chi connectivity index (χ0) is 50.9. The number of nitrogens with one attached hydrogen (secondary N) is 2. The van der Waals surface area contributed by atoms with Crippen LogP contribution in [-0.4, -0.2) is 46.4 Å². The highest BCUT2D eigenvalue weighted by atomic mass is 79.9. The Bertz CT molecular complexity index is 2450. The molecule has 0 fully saturated rings. The van der Waals surface area contributed by atoms with Gasteiger partial charge in [-0.3, -0.25) is 0 Å². The summed E-state index contributed by atoms with van der Waals surface area (Å²) in [5.74, 6) is 3.25. The summed E-state index contributed by atoms with van der Waals surface area (Å²) in [7, 11) is 0. The molecule has 73 heavy (non-hydrogen) atoms. The second kappa shape index (κ2) is 30.8. The van der Waals surface area contributed by atoms with Crippen molar-refractivity contribution < 1.29 is 18.9 Å². The molecular weight excluding hydrogens is 969 g/mol. The molecule has 5 aromatic rings. The minimum atomic E-state index is 0.669. The number of rotatable bonds is 34. The Morgan fingerprint density at radius 2 is 0.658 bits per heavy atom. The summed E-state index contributed by atoms with van der Waals surface area (Å²) in [6.07, 6.45) is 37.4. The molecule has 2 aromatic carbocycles. The molecule has 0 saturated heterocycles. The van der Waals surface area contributed by atoms with Gasteiger partial charge in [-0.2, -0.15) is 0 Å². The van der Waals surface area contributed by atoms with Gasteiger partial charge in [0.2, 0.25) is 0 Å². The standard InChI is InChI=1S/C64H85BrN4O4/c1-5-9-13-17-21-25-37-70-52-41-48(42-53(46-52)71-38-26-22-18-14-10-6-2)62-56-31-29-50(66-56)45-51-30-32-57(67-51)63(59-34-36-61(69-59)64(65)60-35-33-58(62)68-60)49-43-54(72-39-27-23-19-15-11-7-3)47-55(44-49)73-40-28-24-20-16-12-8-4/h29-36,41-47,66-67H,5-28,37-40H2,1-4H3. The van der Waals surface area contributed by atoms with E-state index in [4.69, 9.17) is 28.9 Å². The molecule has 0 amide bonds. The summed E-state index contributed by atoms with van der Waals surface area (Å²) in [6, 6.07) is 23.5. The number of hydrogen-bond donors (Lipinski definition) is 2. The van der Waals surface area contributed by atoms with Gasteiger partial charge < -0.3 is 28.9 Å². The molecule has 0 unspecified atom stereocenters. The van der Waals surface area contributed by atoms with Gasteiger partial charge >= 0.3 is 0 Å². The minimum absolute atomic E-state index is 0.669. The molecule has 0 spiro atoms. The van der Waals surface area contributed by atoms with Crippen molar-refractivity contribution in [1.82, 2.24) is 19.9 Å². The molecule has 0 atom stereocenters. The van der Waals surface area contributed by atoms with Crippen molar-refractivity contribution in [3.8, 4) is 45.3 Å². The number of halogens is 1. The van der Waals surface area contributed by atoms with Gasteiger partial charge in [0.15, 0.2) is 0 Å². The Morgan fingerprint density at radius 1 is 0.356 bits per heavy atom. The van der Waals surface area contributed by atoms with E-state index in [1.165, 1.54) is 128 Å². The Labute approximate surface area is 446 Å². The molecule has 2 aliphatic heterocycles. The first-order chi connectivity index (χ1) is 36.0. The predicted octanol–water partition coefficient (Wildman–Crippen LogP) is 19.7. The molecule has 392 valence electrons. The van der Waals surface area contributed by atoms with Crippen molar-refractivity contribution >= 4 is 62.3 Å². The van der Waals surface area contributed by atoms with E-state index < -0.39 is 0 Å². The fourth-order valence-corrected chi connectivity index (χ4v) is 10.2. The van der Waals surface area contributed by atoms with Gasteiger partial charge in [-0.05, 0) is 132 Å². The van der Waals surface area contributed by atoms with Crippen molar-refractivity contribution in [2.75, 3.05) is 26.4 Å². The van der Waals surface area contributed by atoms with E-state index in [0.717, 1.165) is 120 Å². The molecule has 2 N–H and O–H groups in total. The lowest BCUT2D eigenvalue weighted by molar-refractivity contribution is 0.289. The summed E-state index contributed by atoms with van der Waals surface area (Å²) in [6.45, 7) is 11.7. The molecule has 8 bridgehead atoms. The molecule has 2 aliphatic rings. The molecule has 0 saturated carbocycles. The number of unbranched alkanes of at least 4 members (excludes halogenated alkanes) is 20. The van der Waals surface area contributed by atoms with Gasteiger partial charge in [-0.1, -0.05) is 156 Å². The van der Waals surface area contributed by atoms with E-state index in [-0.39, 0.29) is 0 Å².